The monoisotopic (exact) mass is 576 g/mol. The van der Waals surface area contributed by atoms with Crippen molar-refractivity contribution in [3.05, 3.63) is 71.8 Å². The highest BCUT2D eigenvalue weighted by Crippen LogP contribution is 2.68. The van der Waals surface area contributed by atoms with Gasteiger partial charge < -0.3 is 24.1 Å². The highest BCUT2D eigenvalue weighted by atomic mass is 16.6. The first kappa shape index (κ1) is 28.5. The van der Waals surface area contributed by atoms with Crippen molar-refractivity contribution >= 4 is 17.9 Å². The molecule has 1 spiro atoms. The fourth-order valence-corrected chi connectivity index (χ4v) is 8.05. The molecule has 2 aliphatic heterocycles. The molecule has 2 saturated heterocycles. The Balaban J connectivity index is 1.46. The number of nitrogens with zero attached hydrogens (tertiary/aromatic N) is 2. The maximum atomic E-state index is 13.5. The summed E-state index contributed by atoms with van der Waals surface area (Å²) >= 11 is 0. The lowest BCUT2D eigenvalue weighted by atomic mass is 9.42. The highest BCUT2D eigenvalue weighted by molar-refractivity contribution is 5.89. The number of aliphatic hydroxyl groups excluding tert-OH is 1. The van der Waals surface area contributed by atoms with Gasteiger partial charge in [-0.15, -0.1) is 0 Å². The molecular formula is C32H36N2O8. The van der Waals surface area contributed by atoms with Gasteiger partial charge in [0.1, 0.15) is 36.1 Å². The Labute approximate surface area is 244 Å². The largest absolute Gasteiger partial charge is 0.463 e. The number of fused-ring (bicyclic) bond motifs is 3. The molecule has 0 radical (unpaired) electrons. The second-order valence-corrected chi connectivity index (χ2v) is 12.7. The first-order chi connectivity index (χ1) is 19.9. The predicted octanol–water partition coefficient (Wildman–Crippen LogP) is 3.84. The van der Waals surface area contributed by atoms with E-state index in [0.717, 1.165) is 5.57 Å². The number of aromatic nitrogens is 2. The lowest BCUT2D eigenvalue weighted by Crippen LogP contribution is -2.78. The molecule has 2 aromatic rings. The first-order valence-electron chi connectivity index (χ1n) is 14.4. The summed E-state index contributed by atoms with van der Waals surface area (Å²) in [4.78, 5) is 47.2. The van der Waals surface area contributed by atoms with Gasteiger partial charge in [-0.1, -0.05) is 25.5 Å². The van der Waals surface area contributed by atoms with Crippen LogP contribution in [0.5, 0.6) is 0 Å². The summed E-state index contributed by atoms with van der Waals surface area (Å²) < 4.78 is 24.6. The van der Waals surface area contributed by atoms with Crippen LogP contribution in [0.4, 0.5) is 0 Å². The fourth-order valence-electron chi connectivity index (χ4n) is 8.05. The summed E-state index contributed by atoms with van der Waals surface area (Å²) in [6, 6.07) is 6.57. The lowest BCUT2D eigenvalue weighted by Gasteiger charge is -2.69. The molecule has 0 aromatic carbocycles. The van der Waals surface area contributed by atoms with Crippen LogP contribution in [0.1, 0.15) is 74.1 Å². The standard InChI is InChI=1S/C32H36N2O8/c1-19-9-10-22(40-27(37)20-7-5-13-33-16-20)24-29(2)11-12-32(15-23(35)39-18-32)42-31(29,4)25(36)26(30(19,24)3)41-28(38)21-8-6-14-34-17-21/h5-9,13-14,16-17,22,24-26,36H,10-12,15,18H2,1-4H3/t22-,24-,25+,26+,29-,30+,31+,32-/m1/s1. The smallest absolute Gasteiger partial charge is 0.340 e. The Hall–Kier alpha value is -3.63. The summed E-state index contributed by atoms with van der Waals surface area (Å²) in [6.45, 7) is 7.89. The SMILES string of the molecule is CC1=CC[C@@H](OC(=O)c2cccnc2)[C@H]2[C@@]1(C)[C@@H](OC(=O)c1cccnc1)[C@H](O)[C@]1(C)O[C@@]3(CC[C@]21C)COC(=O)C3. The highest BCUT2D eigenvalue weighted by Gasteiger charge is 2.75. The molecule has 4 heterocycles. The normalized spacial score (nSPS) is 39.0. The summed E-state index contributed by atoms with van der Waals surface area (Å²) in [5.41, 5.74) is -2.39. The average Bonchev–Trinajstić information content (AvgIpc) is 3.35. The number of carbonyl (C=O) groups is 3. The van der Waals surface area contributed by atoms with Gasteiger partial charge in [-0.2, -0.15) is 0 Å². The molecule has 0 amide bonds. The van der Waals surface area contributed by atoms with E-state index in [1.54, 1.807) is 36.7 Å². The molecular weight excluding hydrogens is 540 g/mol. The molecule has 8 atom stereocenters. The minimum atomic E-state index is -1.29. The third-order valence-electron chi connectivity index (χ3n) is 10.6. The maximum absolute atomic E-state index is 13.5. The van der Waals surface area contributed by atoms with Crippen molar-refractivity contribution in [1.29, 1.82) is 0 Å². The summed E-state index contributed by atoms with van der Waals surface area (Å²) in [5.74, 6) is -1.92. The molecule has 0 bridgehead atoms. The van der Waals surface area contributed by atoms with Crippen molar-refractivity contribution in [2.45, 2.75) is 82.9 Å². The van der Waals surface area contributed by atoms with Crippen molar-refractivity contribution in [3.63, 3.8) is 0 Å². The zero-order valence-electron chi connectivity index (χ0n) is 24.2. The Bertz CT molecular complexity index is 1430. The van der Waals surface area contributed by atoms with E-state index in [1.165, 1.54) is 12.4 Å². The van der Waals surface area contributed by atoms with E-state index in [1.807, 2.05) is 33.8 Å². The molecule has 0 unspecified atom stereocenters. The number of cyclic esters (lactones) is 1. The third-order valence-corrected chi connectivity index (χ3v) is 10.6. The zero-order chi connectivity index (χ0) is 29.9. The van der Waals surface area contributed by atoms with Gasteiger partial charge in [0.15, 0.2) is 0 Å². The van der Waals surface area contributed by atoms with Crippen molar-refractivity contribution in [2.75, 3.05) is 6.61 Å². The molecule has 4 aliphatic rings. The lowest BCUT2D eigenvalue weighted by molar-refractivity contribution is -0.346. The van der Waals surface area contributed by atoms with Crippen LogP contribution < -0.4 is 0 Å². The van der Waals surface area contributed by atoms with E-state index in [4.69, 9.17) is 18.9 Å². The molecule has 222 valence electrons. The molecule has 1 saturated carbocycles. The Morgan fingerprint density at radius 3 is 2.21 bits per heavy atom. The molecule has 1 N–H and O–H groups in total. The van der Waals surface area contributed by atoms with Crippen LogP contribution in [0, 0.1) is 16.7 Å². The van der Waals surface area contributed by atoms with Crippen LogP contribution in [0.3, 0.4) is 0 Å². The van der Waals surface area contributed by atoms with E-state index in [9.17, 15) is 19.5 Å². The van der Waals surface area contributed by atoms with E-state index in [0.29, 0.717) is 24.8 Å². The van der Waals surface area contributed by atoms with Gasteiger partial charge in [0.25, 0.3) is 0 Å². The number of carbonyl (C=O) groups excluding carboxylic acids is 3. The topological polar surface area (TPSA) is 134 Å². The Kier molecular flexibility index (Phi) is 6.77. The van der Waals surface area contributed by atoms with Crippen molar-refractivity contribution in [1.82, 2.24) is 9.97 Å². The number of pyridine rings is 2. The number of esters is 3. The van der Waals surface area contributed by atoms with E-state index >= 15 is 0 Å². The molecule has 6 rings (SSSR count). The quantitative estimate of drug-likeness (QED) is 0.325. The molecule has 3 fully saturated rings. The molecule has 2 aliphatic carbocycles. The number of ether oxygens (including phenoxy) is 4. The van der Waals surface area contributed by atoms with Crippen LogP contribution in [0.2, 0.25) is 0 Å². The Morgan fingerprint density at radius 1 is 1.00 bits per heavy atom. The third kappa shape index (κ3) is 4.18. The zero-order valence-corrected chi connectivity index (χ0v) is 24.2. The minimum Gasteiger partial charge on any atom is -0.463 e. The summed E-state index contributed by atoms with van der Waals surface area (Å²) in [6.07, 6.45) is 6.65. The fraction of sp³-hybridized carbons (Fsp3) is 0.531. The predicted molar refractivity (Wildman–Crippen MR) is 148 cm³/mol. The van der Waals surface area contributed by atoms with Crippen LogP contribution in [0.25, 0.3) is 0 Å². The molecule has 10 heteroatoms. The van der Waals surface area contributed by atoms with E-state index in [-0.39, 0.29) is 24.6 Å². The second-order valence-electron chi connectivity index (χ2n) is 12.7. The van der Waals surface area contributed by atoms with Crippen molar-refractivity contribution in [3.8, 4) is 0 Å². The van der Waals surface area contributed by atoms with Gasteiger partial charge in [0.2, 0.25) is 0 Å². The molecule has 2 aromatic heterocycles. The Morgan fingerprint density at radius 2 is 1.64 bits per heavy atom. The second kappa shape index (κ2) is 9.98. The van der Waals surface area contributed by atoms with Gasteiger partial charge in [-0.25, -0.2) is 9.59 Å². The number of hydrogen-bond acceptors (Lipinski definition) is 10. The minimum absolute atomic E-state index is 0.0752. The maximum Gasteiger partial charge on any atom is 0.340 e. The van der Waals surface area contributed by atoms with Crippen LogP contribution in [-0.2, 0) is 23.7 Å². The molecule has 42 heavy (non-hydrogen) atoms. The van der Waals surface area contributed by atoms with Crippen LogP contribution >= 0.6 is 0 Å². The van der Waals surface area contributed by atoms with Crippen LogP contribution in [0.15, 0.2) is 60.7 Å². The average molecular weight is 577 g/mol. The van der Waals surface area contributed by atoms with E-state index < -0.39 is 58.2 Å². The van der Waals surface area contributed by atoms with Gasteiger partial charge >= 0.3 is 17.9 Å². The number of hydrogen-bond donors (Lipinski definition) is 1. The first-order valence-corrected chi connectivity index (χ1v) is 14.4. The van der Waals surface area contributed by atoms with Crippen molar-refractivity contribution < 1.29 is 38.4 Å². The van der Waals surface area contributed by atoms with Crippen LogP contribution in [-0.4, -0.2) is 69.1 Å². The number of rotatable bonds is 4. The summed E-state index contributed by atoms with van der Waals surface area (Å²) in [7, 11) is 0. The van der Waals surface area contributed by atoms with Gasteiger partial charge in [0, 0.05) is 48.0 Å². The van der Waals surface area contributed by atoms with Gasteiger partial charge in [0.05, 0.1) is 17.5 Å². The number of aliphatic hydroxyl groups is 1. The van der Waals surface area contributed by atoms with Gasteiger partial charge in [-0.3, -0.25) is 14.8 Å². The molecule has 10 nitrogen and oxygen atoms in total. The van der Waals surface area contributed by atoms with Gasteiger partial charge in [-0.05, 0) is 51.0 Å². The summed E-state index contributed by atoms with van der Waals surface area (Å²) in [5, 5.41) is 12.3. The van der Waals surface area contributed by atoms with Crippen molar-refractivity contribution in [2.24, 2.45) is 16.7 Å². The van der Waals surface area contributed by atoms with E-state index in [2.05, 4.69) is 9.97 Å².